The number of alkyl halides is 3. The minimum Gasteiger partial charge on any atom is -0.495 e. The zero-order valence-electron chi connectivity index (χ0n) is 14.8. The Kier molecular flexibility index (Phi) is 5.60. The maximum absolute atomic E-state index is 12.4. The van der Waals surface area contributed by atoms with Crippen molar-refractivity contribution in [3.05, 3.63) is 23.3 Å². The van der Waals surface area contributed by atoms with Gasteiger partial charge in [0, 0.05) is 13.1 Å². The van der Waals surface area contributed by atoms with Crippen LogP contribution in [-0.2, 0) is 12.8 Å². The Morgan fingerprint density at radius 2 is 2.15 bits per heavy atom. The highest BCUT2D eigenvalue weighted by Gasteiger charge is 2.34. The minimum absolute atomic E-state index is 0.0338. The molecule has 2 aliphatic rings. The minimum atomic E-state index is -4.18. The van der Waals surface area contributed by atoms with Crippen molar-refractivity contribution in [3.63, 3.8) is 0 Å². The van der Waals surface area contributed by atoms with Crippen LogP contribution >= 0.6 is 0 Å². The Balaban J connectivity index is 1.52. The number of hydrogen-bond donors (Lipinski definition) is 2. The van der Waals surface area contributed by atoms with Crippen molar-refractivity contribution in [1.82, 2.24) is 10.2 Å². The molecule has 0 radical (unpaired) electrons. The van der Waals surface area contributed by atoms with Crippen LogP contribution in [0.25, 0.3) is 0 Å². The molecule has 1 unspecified atom stereocenters. The third-order valence-electron chi connectivity index (χ3n) is 5.03. The lowest BCUT2D eigenvalue weighted by Crippen LogP contribution is -2.36. The Hall–Kier alpha value is -1.96. The summed E-state index contributed by atoms with van der Waals surface area (Å²) in [5.41, 5.74) is 3.03. The van der Waals surface area contributed by atoms with E-state index in [-0.39, 0.29) is 11.9 Å². The van der Waals surface area contributed by atoms with E-state index in [4.69, 9.17) is 4.74 Å². The van der Waals surface area contributed by atoms with Crippen molar-refractivity contribution in [2.24, 2.45) is 5.92 Å². The summed E-state index contributed by atoms with van der Waals surface area (Å²) in [6.45, 7) is 0.234. The molecule has 1 aliphatic heterocycles. The Bertz CT molecular complexity index is 664. The number of anilines is 1. The Morgan fingerprint density at radius 1 is 1.35 bits per heavy atom. The fourth-order valence-electron chi connectivity index (χ4n) is 3.82. The molecule has 1 aliphatic carbocycles. The molecule has 5 nitrogen and oxygen atoms in total. The van der Waals surface area contributed by atoms with Gasteiger partial charge in [0.25, 0.3) is 0 Å². The summed E-state index contributed by atoms with van der Waals surface area (Å²) >= 11 is 0. The number of ether oxygens (including phenoxy) is 1. The molecule has 0 spiro atoms. The lowest BCUT2D eigenvalue weighted by atomic mass is 10.1. The van der Waals surface area contributed by atoms with Crippen molar-refractivity contribution in [2.45, 2.75) is 31.9 Å². The molecule has 26 heavy (non-hydrogen) atoms. The molecule has 1 atom stereocenters. The normalized spacial score (nSPS) is 20.1. The standard InChI is InChI=1S/C18H24F3N3O2/c1-26-15-6-5-13-3-2-4-14(13)16(15)23-17(25)22-9-12-7-8-24(10-12)11-18(19,20)21/h5-6,12H,2-4,7-11H2,1H3,(H2,22,23,25). The van der Waals surface area contributed by atoms with Crippen LogP contribution in [0.2, 0.25) is 0 Å². The number of likely N-dealkylation sites (tertiary alicyclic amines) is 1. The zero-order valence-corrected chi connectivity index (χ0v) is 14.8. The number of halogens is 3. The van der Waals surface area contributed by atoms with Crippen LogP contribution in [0, 0.1) is 5.92 Å². The number of benzene rings is 1. The van der Waals surface area contributed by atoms with E-state index in [1.807, 2.05) is 12.1 Å². The van der Waals surface area contributed by atoms with Crippen LogP contribution in [0.15, 0.2) is 12.1 Å². The average Bonchev–Trinajstić information content (AvgIpc) is 3.21. The third-order valence-corrected chi connectivity index (χ3v) is 5.03. The van der Waals surface area contributed by atoms with Gasteiger partial charge in [0.15, 0.2) is 0 Å². The molecule has 144 valence electrons. The molecule has 1 fully saturated rings. The van der Waals surface area contributed by atoms with Crippen molar-refractivity contribution < 1.29 is 22.7 Å². The Morgan fingerprint density at radius 3 is 2.88 bits per heavy atom. The lowest BCUT2D eigenvalue weighted by Gasteiger charge is -2.18. The first kappa shape index (κ1) is 18.8. The summed E-state index contributed by atoms with van der Waals surface area (Å²) in [5, 5.41) is 5.65. The van der Waals surface area contributed by atoms with Crippen LogP contribution in [0.1, 0.15) is 24.0 Å². The maximum Gasteiger partial charge on any atom is 0.401 e. The molecular formula is C18H24F3N3O2. The van der Waals surface area contributed by atoms with E-state index in [1.54, 1.807) is 7.11 Å². The molecule has 2 N–H and O–H groups in total. The van der Waals surface area contributed by atoms with Crippen LogP contribution in [0.3, 0.4) is 0 Å². The predicted molar refractivity (Wildman–Crippen MR) is 92.6 cm³/mol. The third kappa shape index (κ3) is 4.60. The molecule has 8 heteroatoms. The van der Waals surface area contributed by atoms with Gasteiger partial charge in [-0.25, -0.2) is 4.79 Å². The summed E-state index contributed by atoms with van der Waals surface area (Å²) in [6.07, 6.45) is -0.579. The van der Waals surface area contributed by atoms with Gasteiger partial charge in [-0.15, -0.1) is 0 Å². The molecule has 1 aromatic rings. The van der Waals surface area contributed by atoms with E-state index in [1.165, 1.54) is 10.5 Å². The van der Waals surface area contributed by atoms with E-state index in [2.05, 4.69) is 10.6 Å². The number of carbonyl (C=O) groups is 1. The second-order valence-corrected chi connectivity index (χ2v) is 6.97. The van der Waals surface area contributed by atoms with Crippen LogP contribution in [0.5, 0.6) is 5.75 Å². The summed E-state index contributed by atoms with van der Waals surface area (Å²) in [5.74, 6) is 0.657. The van der Waals surface area contributed by atoms with E-state index < -0.39 is 12.7 Å². The van der Waals surface area contributed by atoms with E-state index in [0.717, 1.165) is 24.8 Å². The monoisotopic (exact) mass is 371 g/mol. The lowest BCUT2D eigenvalue weighted by molar-refractivity contribution is -0.143. The summed E-state index contributed by atoms with van der Waals surface area (Å²) < 4.78 is 42.7. The van der Waals surface area contributed by atoms with E-state index >= 15 is 0 Å². The first-order chi connectivity index (χ1) is 12.4. The van der Waals surface area contributed by atoms with Crippen molar-refractivity contribution >= 4 is 11.7 Å². The summed E-state index contributed by atoms with van der Waals surface area (Å²) in [7, 11) is 1.56. The summed E-state index contributed by atoms with van der Waals surface area (Å²) in [6, 6.07) is 3.53. The largest absolute Gasteiger partial charge is 0.495 e. The van der Waals surface area contributed by atoms with Crippen LogP contribution < -0.4 is 15.4 Å². The van der Waals surface area contributed by atoms with Gasteiger partial charge in [-0.2, -0.15) is 13.2 Å². The van der Waals surface area contributed by atoms with Gasteiger partial charge in [0.2, 0.25) is 0 Å². The molecule has 1 heterocycles. The van der Waals surface area contributed by atoms with Gasteiger partial charge in [0.05, 0.1) is 19.3 Å². The van der Waals surface area contributed by atoms with Gasteiger partial charge in [0.1, 0.15) is 5.75 Å². The van der Waals surface area contributed by atoms with E-state index in [9.17, 15) is 18.0 Å². The quantitative estimate of drug-likeness (QED) is 0.836. The molecule has 0 aromatic heterocycles. The number of amides is 2. The number of carbonyl (C=O) groups excluding carboxylic acids is 1. The molecule has 3 rings (SSSR count). The smallest absolute Gasteiger partial charge is 0.401 e. The number of methoxy groups -OCH3 is 1. The van der Waals surface area contributed by atoms with Crippen molar-refractivity contribution in [2.75, 3.05) is 38.6 Å². The first-order valence-corrected chi connectivity index (χ1v) is 8.88. The molecule has 0 bridgehead atoms. The second kappa shape index (κ2) is 7.73. The number of nitrogens with zero attached hydrogens (tertiary/aromatic N) is 1. The molecule has 2 amide bonds. The van der Waals surface area contributed by atoms with Gasteiger partial charge >= 0.3 is 12.2 Å². The number of hydrogen-bond acceptors (Lipinski definition) is 3. The zero-order chi connectivity index (χ0) is 18.7. The SMILES string of the molecule is COc1ccc2c(c1NC(=O)NCC1CCN(CC(F)(F)F)C1)CCC2. The maximum atomic E-state index is 12.4. The highest BCUT2D eigenvalue weighted by molar-refractivity contribution is 5.92. The predicted octanol–water partition coefficient (Wildman–Crippen LogP) is 3.19. The van der Waals surface area contributed by atoms with Gasteiger partial charge in [-0.3, -0.25) is 4.90 Å². The van der Waals surface area contributed by atoms with Crippen LogP contribution in [-0.4, -0.2) is 50.4 Å². The number of aryl methyl sites for hydroxylation is 1. The van der Waals surface area contributed by atoms with Crippen LogP contribution in [0.4, 0.5) is 23.7 Å². The summed E-state index contributed by atoms with van der Waals surface area (Å²) in [4.78, 5) is 13.7. The number of fused-ring (bicyclic) bond motifs is 1. The molecule has 1 aromatic carbocycles. The van der Waals surface area contributed by atoms with Crippen molar-refractivity contribution in [1.29, 1.82) is 0 Å². The fraction of sp³-hybridized carbons (Fsp3) is 0.611. The van der Waals surface area contributed by atoms with Gasteiger partial charge < -0.3 is 15.4 Å². The molecular weight excluding hydrogens is 347 g/mol. The highest BCUT2D eigenvalue weighted by atomic mass is 19.4. The fourth-order valence-corrected chi connectivity index (χ4v) is 3.82. The number of urea groups is 1. The van der Waals surface area contributed by atoms with Crippen molar-refractivity contribution in [3.8, 4) is 5.75 Å². The topological polar surface area (TPSA) is 53.6 Å². The van der Waals surface area contributed by atoms with E-state index in [0.29, 0.717) is 37.5 Å². The average molecular weight is 371 g/mol. The second-order valence-electron chi connectivity index (χ2n) is 6.97. The Labute approximate surface area is 150 Å². The highest BCUT2D eigenvalue weighted by Crippen LogP contribution is 2.36. The first-order valence-electron chi connectivity index (χ1n) is 8.88. The molecule has 1 saturated heterocycles. The van der Waals surface area contributed by atoms with Gasteiger partial charge in [-0.05, 0) is 55.3 Å². The van der Waals surface area contributed by atoms with Gasteiger partial charge in [-0.1, -0.05) is 6.07 Å². The molecule has 0 saturated carbocycles. The number of nitrogens with one attached hydrogen (secondary N) is 2. The number of rotatable bonds is 5.